The van der Waals surface area contributed by atoms with Crippen molar-refractivity contribution in [3.05, 3.63) is 75.3 Å². The minimum Gasteiger partial charge on any atom is -0.368 e. The lowest BCUT2D eigenvalue weighted by Crippen LogP contribution is -2.45. The van der Waals surface area contributed by atoms with Crippen molar-refractivity contribution in [2.75, 3.05) is 0 Å². The predicted molar refractivity (Wildman–Crippen MR) is 83.6 cm³/mol. The molecular weight excluding hydrogens is 336 g/mol. The topological polar surface area (TPSA) is 115 Å². The molecule has 2 amide bonds. The Hall–Kier alpha value is -3.36. The zero-order valence-corrected chi connectivity index (χ0v) is 12.7. The second-order valence-corrected chi connectivity index (χ2v) is 5.19. The summed E-state index contributed by atoms with van der Waals surface area (Å²) in [6, 6.07) is 6.69. The fourth-order valence-electron chi connectivity index (χ4n) is 2.15. The predicted octanol–water partition coefficient (Wildman–Crippen LogP) is 1.70. The summed E-state index contributed by atoms with van der Waals surface area (Å²) in [5, 5.41) is 13.1. The molecule has 2 aromatic rings. The highest BCUT2D eigenvalue weighted by Gasteiger charge is 2.22. The number of nitrogens with two attached hydrogens (primary N) is 1. The van der Waals surface area contributed by atoms with Gasteiger partial charge in [-0.15, -0.1) is 0 Å². The molecule has 0 heterocycles. The summed E-state index contributed by atoms with van der Waals surface area (Å²) < 4.78 is 26.5. The molecule has 0 saturated carbocycles. The fraction of sp³-hybridized carbons (Fsp3) is 0.125. The lowest BCUT2D eigenvalue weighted by Gasteiger charge is -2.15. The van der Waals surface area contributed by atoms with Crippen LogP contribution < -0.4 is 11.1 Å². The van der Waals surface area contributed by atoms with Gasteiger partial charge in [0.1, 0.15) is 11.9 Å². The third kappa shape index (κ3) is 4.56. The number of nitrogens with one attached hydrogen (secondary N) is 1. The minimum absolute atomic E-state index is 0.0173. The highest BCUT2D eigenvalue weighted by molar-refractivity contribution is 5.97. The van der Waals surface area contributed by atoms with Crippen molar-refractivity contribution in [1.29, 1.82) is 0 Å². The first-order valence-electron chi connectivity index (χ1n) is 7.06. The van der Waals surface area contributed by atoms with E-state index in [0.29, 0.717) is 0 Å². The van der Waals surface area contributed by atoms with Crippen LogP contribution in [-0.4, -0.2) is 22.8 Å². The van der Waals surface area contributed by atoms with E-state index < -0.39 is 40.1 Å². The van der Waals surface area contributed by atoms with Crippen LogP contribution in [0.5, 0.6) is 0 Å². The van der Waals surface area contributed by atoms with Crippen LogP contribution in [0.1, 0.15) is 15.9 Å². The summed E-state index contributed by atoms with van der Waals surface area (Å²) in [5.41, 5.74) is 4.70. The molecule has 0 aliphatic heterocycles. The minimum atomic E-state index is -1.21. The van der Waals surface area contributed by atoms with E-state index in [9.17, 15) is 28.5 Å². The van der Waals surface area contributed by atoms with E-state index in [4.69, 9.17) is 5.73 Å². The number of amides is 2. The van der Waals surface area contributed by atoms with E-state index in [1.54, 1.807) is 0 Å². The molecule has 0 saturated heterocycles. The summed E-state index contributed by atoms with van der Waals surface area (Å²) in [6.07, 6.45) is -0.183. The standard InChI is InChI=1S/C16H13F2N3O4/c17-11-3-1-2-10(8-11)16(23)20-13(15(19)22)6-9-4-5-12(18)14(7-9)21(24)25/h1-5,7-8,13H,6H2,(H2,19,22)(H,20,23)/t13-/m1/s1. The molecule has 0 spiro atoms. The number of rotatable bonds is 6. The van der Waals surface area contributed by atoms with Crippen LogP contribution >= 0.6 is 0 Å². The van der Waals surface area contributed by atoms with Crippen molar-refractivity contribution in [2.24, 2.45) is 5.73 Å². The molecule has 0 fully saturated rings. The largest absolute Gasteiger partial charge is 0.368 e. The number of carbonyl (C=O) groups excluding carboxylic acids is 2. The van der Waals surface area contributed by atoms with Crippen LogP contribution in [0.2, 0.25) is 0 Å². The summed E-state index contributed by atoms with van der Waals surface area (Å²) in [7, 11) is 0. The highest BCUT2D eigenvalue weighted by atomic mass is 19.1. The van der Waals surface area contributed by atoms with Gasteiger partial charge in [0.05, 0.1) is 4.92 Å². The van der Waals surface area contributed by atoms with Gasteiger partial charge in [-0.05, 0) is 29.8 Å². The smallest absolute Gasteiger partial charge is 0.305 e. The average molecular weight is 349 g/mol. The van der Waals surface area contributed by atoms with Crippen molar-refractivity contribution in [3.63, 3.8) is 0 Å². The van der Waals surface area contributed by atoms with E-state index in [1.807, 2.05) is 0 Å². The van der Waals surface area contributed by atoms with Gasteiger partial charge in [0, 0.05) is 18.1 Å². The Morgan fingerprint density at radius 2 is 1.92 bits per heavy atom. The first kappa shape index (κ1) is 18.0. The SMILES string of the molecule is NC(=O)[C@@H](Cc1ccc(F)c([N+](=O)[O-])c1)NC(=O)c1cccc(F)c1. The number of nitrogens with zero attached hydrogens (tertiary/aromatic N) is 1. The second kappa shape index (κ2) is 7.47. The van der Waals surface area contributed by atoms with Crippen molar-refractivity contribution in [2.45, 2.75) is 12.5 Å². The molecule has 2 aromatic carbocycles. The molecule has 130 valence electrons. The number of nitro benzene ring substituents is 1. The Balaban J connectivity index is 2.19. The van der Waals surface area contributed by atoms with E-state index >= 15 is 0 Å². The Morgan fingerprint density at radius 1 is 1.20 bits per heavy atom. The van der Waals surface area contributed by atoms with Crippen molar-refractivity contribution < 1.29 is 23.3 Å². The Bertz CT molecular complexity index is 842. The maximum Gasteiger partial charge on any atom is 0.305 e. The van der Waals surface area contributed by atoms with Crippen LogP contribution in [0.25, 0.3) is 0 Å². The number of carbonyl (C=O) groups is 2. The molecule has 25 heavy (non-hydrogen) atoms. The van der Waals surface area contributed by atoms with Gasteiger partial charge in [0.15, 0.2) is 0 Å². The highest BCUT2D eigenvalue weighted by Crippen LogP contribution is 2.19. The fourth-order valence-corrected chi connectivity index (χ4v) is 2.15. The van der Waals surface area contributed by atoms with Crippen LogP contribution in [0.4, 0.5) is 14.5 Å². The number of nitro groups is 1. The quantitative estimate of drug-likeness (QED) is 0.610. The molecule has 0 aliphatic rings. The number of benzene rings is 2. The summed E-state index contributed by atoms with van der Waals surface area (Å²) in [5.74, 6) is -3.28. The van der Waals surface area contributed by atoms with Gasteiger partial charge < -0.3 is 11.1 Å². The molecule has 0 aliphatic carbocycles. The van der Waals surface area contributed by atoms with Gasteiger partial charge in [-0.25, -0.2) is 4.39 Å². The molecule has 0 aromatic heterocycles. The Morgan fingerprint density at radius 3 is 2.52 bits per heavy atom. The summed E-state index contributed by atoms with van der Waals surface area (Å²) in [6.45, 7) is 0. The molecule has 3 N–H and O–H groups in total. The van der Waals surface area contributed by atoms with Gasteiger partial charge in [-0.3, -0.25) is 19.7 Å². The van der Waals surface area contributed by atoms with Gasteiger partial charge >= 0.3 is 5.69 Å². The first-order valence-corrected chi connectivity index (χ1v) is 7.06. The third-order valence-corrected chi connectivity index (χ3v) is 3.38. The monoisotopic (exact) mass is 349 g/mol. The van der Waals surface area contributed by atoms with Gasteiger partial charge in [-0.1, -0.05) is 12.1 Å². The van der Waals surface area contributed by atoms with Crippen molar-refractivity contribution in [3.8, 4) is 0 Å². The Labute approximate surface area is 140 Å². The number of hydrogen-bond donors (Lipinski definition) is 2. The maximum atomic E-state index is 13.3. The molecule has 9 heteroatoms. The zero-order valence-electron chi connectivity index (χ0n) is 12.7. The van der Waals surface area contributed by atoms with E-state index in [-0.39, 0.29) is 17.5 Å². The Kier molecular flexibility index (Phi) is 5.38. The van der Waals surface area contributed by atoms with Gasteiger partial charge in [0.2, 0.25) is 11.7 Å². The van der Waals surface area contributed by atoms with Gasteiger partial charge in [-0.2, -0.15) is 4.39 Å². The second-order valence-electron chi connectivity index (χ2n) is 5.19. The molecule has 0 unspecified atom stereocenters. The van der Waals surface area contributed by atoms with Gasteiger partial charge in [0.25, 0.3) is 5.91 Å². The molecule has 0 radical (unpaired) electrons. The molecule has 2 rings (SSSR count). The first-order chi connectivity index (χ1) is 11.8. The van der Waals surface area contributed by atoms with E-state index in [0.717, 1.165) is 24.3 Å². The number of primary amides is 1. The normalized spacial score (nSPS) is 11.6. The molecule has 0 bridgehead atoms. The summed E-state index contributed by atoms with van der Waals surface area (Å²) >= 11 is 0. The zero-order chi connectivity index (χ0) is 18.6. The number of halogens is 2. The average Bonchev–Trinajstić information content (AvgIpc) is 2.55. The maximum absolute atomic E-state index is 13.3. The van der Waals surface area contributed by atoms with Crippen molar-refractivity contribution in [1.82, 2.24) is 5.32 Å². The van der Waals surface area contributed by atoms with E-state index in [1.165, 1.54) is 18.2 Å². The van der Waals surface area contributed by atoms with Crippen LogP contribution in [0, 0.1) is 21.7 Å². The van der Waals surface area contributed by atoms with Crippen molar-refractivity contribution >= 4 is 17.5 Å². The lowest BCUT2D eigenvalue weighted by molar-refractivity contribution is -0.387. The van der Waals surface area contributed by atoms with Crippen LogP contribution in [0.15, 0.2) is 42.5 Å². The number of hydrogen-bond acceptors (Lipinski definition) is 4. The van der Waals surface area contributed by atoms with Crippen LogP contribution in [-0.2, 0) is 11.2 Å². The molecular formula is C16H13F2N3O4. The van der Waals surface area contributed by atoms with Crippen LogP contribution in [0.3, 0.4) is 0 Å². The summed E-state index contributed by atoms with van der Waals surface area (Å²) in [4.78, 5) is 33.5. The van der Waals surface area contributed by atoms with E-state index in [2.05, 4.69) is 5.32 Å². The molecule has 7 nitrogen and oxygen atoms in total. The molecule has 1 atom stereocenters. The lowest BCUT2D eigenvalue weighted by atomic mass is 10.0. The third-order valence-electron chi connectivity index (χ3n) is 3.38.